The molecular formula is C21H24N4O3. The molecule has 1 fully saturated rings. The molecule has 1 aliphatic heterocycles. The Morgan fingerprint density at radius 3 is 2.46 bits per heavy atom. The van der Waals surface area contributed by atoms with Gasteiger partial charge in [0.15, 0.2) is 0 Å². The number of aromatic nitrogens is 2. The van der Waals surface area contributed by atoms with Gasteiger partial charge in [0.1, 0.15) is 0 Å². The molecule has 2 heterocycles. The predicted molar refractivity (Wildman–Crippen MR) is 105 cm³/mol. The van der Waals surface area contributed by atoms with E-state index in [1.54, 1.807) is 0 Å². The van der Waals surface area contributed by atoms with Gasteiger partial charge in [-0.1, -0.05) is 31.2 Å². The third-order valence-electron chi connectivity index (χ3n) is 5.51. The number of fused-ring (bicyclic) bond motifs is 2. The summed E-state index contributed by atoms with van der Waals surface area (Å²) in [4.78, 5) is 43.3. The molecule has 1 aromatic carbocycles. The molecule has 0 bridgehead atoms. The minimum absolute atomic E-state index is 0.0691. The van der Waals surface area contributed by atoms with Gasteiger partial charge in [-0.3, -0.25) is 24.6 Å². The largest absolute Gasteiger partial charge is 0.310 e. The lowest BCUT2D eigenvalue weighted by Crippen LogP contribution is -2.34. The molecule has 1 aromatic heterocycles. The van der Waals surface area contributed by atoms with Crippen LogP contribution in [0.2, 0.25) is 0 Å². The quantitative estimate of drug-likeness (QED) is 0.617. The summed E-state index contributed by atoms with van der Waals surface area (Å²) in [5.41, 5.74) is 1.80. The number of rotatable bonds is 6. The number of anilines is 1. The number of imide groups is 1. The number of likely N-dealkylation sites (tertiary alicyclic amines) is 1. The fourth-order valence-electron chi connectivity index (χ4n) is 4.11. The molecule has 0 saturated carbocycles. The van der Waals surface area contributed by atoms with Gasteiger partial charge >= 0.3 is 0 Å². The van der Waals surface area contributed by atoms with E-state index >= 15 is 0 Å². The van der Waals surface area contributed by atoms with Crippen molar-refractivity contribution in [1.82, 2.24) is 14.5 Å². The number of nitrogens with one attached hydrogen (secondary N) is 1. The minimum Gasteiger partial charge on any atom is -0.310 e. The number of hydrogen-bond acceptors (Lipinski definition) is 4. The standard InChI is InChI=1S/C21H24N4O3/c1-2-12-24-17-10-6-5-9-16(17)22-21(24)23-18(26)11-13-25-19(27)14-7-3-4-8-15(14)20(25)28/h3-6,9-10,14-15H,2,7-8,11-13H2,1H3,(H,22,23,26)/t14-,15+. The van der Waals surface area contributed by atoms with Crippen LogP contribution >= 0.6 is 0 Å². The average Bonchev–Trinajstić information content (AvgIpc) is 3.16. The van der Waals surface area contributed by atoms with E-state index in [1.807, 2.05) is 41.0 Å². The Morgan fingerprint density at radius 2 is 1.79 bits per heavy atom. The number of imidazole rings is 1. The number of hydrogen-bond donors (Lipinski definition) is 1. The molecule has 2 aromatic rings. The summed E-state index contributed by atoms with van der Waals surface area (Å²) in [6, 6.07) is 7.75. The highest BCUT2D eigenvalue weighted by molar-refractivity contribution is 6.05. The van der Waals surface area contributed by atoms with Crippen molar-refractivity contribution in [2.75, 3.05) is 11.9 Å². The molecule has 4 rings (SSSR count). The number of nitrogens with zero attached hydrogens (tertiary/aromatic N) is 3. The first-order valence-electron chi connectivity index (χ1n) is 9.85. The zero-order valence-corrected chi connectivity index (χ0v) is 15.9. The van der Waals surface area contributed by atoms with Crippen LogP contribution < -0.4 is 5.32 Å². The highest BCUT2D eigenvalue weighted by Crippen LogP contribution is 2.35. The third kappa shape index (κ3) is 3.21. The highest BCUT2D eigenvalue weighted by Gasteiger charge is 2.46. The van der Waals surface area contributed by atoms with Crippen molar-refractivity contribution < 1.29 is 14.4 Å². The predicted octanol–water partition coefficient (Wildman–Crippen LogP) is 2.73. The van der Waals surface area contributed by atoms with Gasteiger partial charge in [0, 0.05) is 19.5 Å². The van der Waals surface area contributed by atoms with Gasteiger partial charge in [0.05, 0.1) is 22.9 Å². The molecule has 0 radical (unpaired) electrons. The highest BCUT2D eigenvalue weighted by atomic mass is 16.2. The van der Waals surface area contributed by atoms with E-state index in [9.17, 15) is 14.4 Å². The molecule has 0 unspecified atom stereocenters. The normalized spacial score (nSPS) is 21.4. The molecule has 146 valence electrons. The lowest BCUT2D eigenvalue weighted by Gasteiger charge is -2.14. The number of carbonyl (C=O) groups excluding carboxylic acids is 3. The Bertz CT molecular complexity index is 936. The van der Waals surface area contributed by atoms with E-state index < -0.39 is 0 Å². The van der Waals surface area contributed by atoms with Crippen LogP contribution in [-0.2, 0) is 20.9 Å². The van der Waals surface area contributed by atoms with Crippen LogP contribution in [0.15, 0.2) is 36.4 Å². The summed E-state index contributed by atoms with van der Waals surface area (Å²) in [6.07, 6.45) is 6.12. The smallest absolute Gasteiger partial charge is 0.233 e. The topological polar surface area (TPSA) is 84.3 Å². The van der Waals surface area contributed by atoms with E-state index in [0.717, 1.165) is 24.0 Å². The summed E-state index contributed by atoms with van der Waals surface area (Å²) < 4.78 is 1.99. The van der Waals surface area contributed by atoms with E-state index in [4.69, 9.17) is 0 Å². The zero-order valence-electron chi connectivity index (χ0n) is 15.9. The second-order valence-corrected chi connectivity index (χ2v) is 7.36. The first-order valence-corrected chi connectivity index (χ1v) is 9.85. The van der Waals surface area contributed by atoms with Gasteiger partial charge in [0.2, 0.25) is 23.7 Å². The van der Waals surface area contributed by atoms with Gasteiger partial charge in [-0.2, -0.15) is 0 Å². The number of allylic oxidation sites excluding steroid dienone is 2. The molecule has 2 aliphatic rings. The lowest BCUT2D eigenvalue weighted by atomic mass is 9.85. The first-order chi connectivity index (χ1) is 13.6. The Balaban J connectivity index is 1.43. The summed E-state index contributed by atoms with van der Waals surface area (Å²) in [6.45, 7) is 2.93. The monoisotopic (exact) mass is 380 g/mol. The Labute approximate surface area is 163 Å². The Kier molecular flexibility index (Phi) is 4.98. The van der Waals surface area contributed by atoms with Crippen LogP contribution in [-0.4, -0.2) is 38.7 Å². The molecule has 1 saturated heterocycles. The van der Waals surface area contributed by atoms with Crippen molar-refractivity contribution >= 4 is 34.7 Å². The van der Waals surface area contributed by atoms with Crippen LogP contribution in [0.4, 0.5) is 5.95 Å². The minimum atomic E-state index is -0.255. The number of amides is 3. The second kappa shape index (κ2) is 7.58. The van der Waals surface area contributed by atoms with Gasteiger partial charge in [0.25, 0.3) is 0 Å². The van der Waals surface area contributed by atoms with Crippen LogP contribution in [0.3, 0.4) is 0 Å². The van der Waals surface area contributed by atoms with Crippen LogP contribution in [0.25, 0.3) is 11.0 Å². The van der Waals surface area contributed by atoms with E-state index in [-0.39, 0.29) is 42.5 Å². The molecule has 28 heavy (non-hydrogen) atoms. The number of para-hydroxylation sites is 2. The molecule has 1 N–H and O–H groups in total. The van der Waals surface area contributed by atoms with Gasteiger partial charge < -0.3 is 4.57 Å². The molecule has 7 nitrogen and oxygen atoms in total. The number of carbonyl (C=O) groups is 3. The van der Waals surface area contributed by atoms with Gasteiger partial charge in [-0.05, 0) is 31.4 Å². The van der Waals surface area contributed by atoms with E-state index in [1.165, 1.54) is 4.90 Å². The van der Waals surface area contributed by atoms with Crippen molar-refractivity contribution in [1.29, 1.82) is 0 Å². The van der Waals surface area contributed by atoms with Crippen molar-refractivity contribution in [3.63, 3.8) is 0 Å². The SMILES string of the molecule is CCCn1c(NC(=O)CCN2C(=O)[C@H]3CC=CC[C@H]3C2=O)nc2ccccc21. The van der Waals surface area contributed by atoms with E-state index in [0.29, 0.717) is 18.8 Å². The van der Waals surface area contributed by atoms with Crippen LogP contribution in [0.1, 0.15) is 32.6 Å². The first kappa shape index (κ1) is 18.4. The summed E-state index contributed by atoms with van der Waals surface area (Å²) in [5, 5.41) is 2.85. The third-order valence-corrected chi connectivity index (χ3v) is 5.51. The summed E-state index contributed by atoms with van der Waals surface area (Å²) in [5.74, 6) is -0.550. The molecule has 1 aliphatic carbocycles. The van der Waals surface area contributed by atoms with Gasteiger partial charge in [-0.25, -0.2) is 4.98 Å². The number of benzene rings is 1. The zero-order chi connectivity index (χ0) is 19.7. The van der Waals surface area contributed by atoms with Crippen LogP contribution in [0, 0.1) is 11.8 Å². The lowest BCUT2D eigenvalue weighted by molar-refractivity contribution is -0.140. The average molecular weight is 380 g/mol. The van der Waals surface area contributed by atoms with Crippen molar-refractivity contribution in [2.45, 2.75) is 39.2 Å². The Morgan fingerprint density at radius 1 is 1.11 bits per heavy atom. The molecule has 0 spiro atoms. The van der Waals surface area contributed by atoms with Crippen molar-refractivity contribution in [2.24, 2.45) is 11.8 Å². The fraction of sp³-hybridized carbons (Fsp3) is 0.429. The fourth-order valence-corrected chi connectivity index (χ4v) is 4.11. The van der Waals surface area contributed by atoms with Crippen LogP contribution in [0.5, 0.6) is 0 Å². The second-order valence-electron chi connectivity index (χ2n) is 7.36. The maximum Gasteiger partial charge on any atom is 0.233 e. The van der Waals surface area contributed by atoms with Gasteiger partial charge in [-0.15, -0.1) is 0 Å². The molecule has 2 atom stereocenters. The van der Waals surface area contributed by atoms with Crippen molar-refractivity contribution in [3.8, 4) is 0 Å². The maximum absolute atomic E-state index is 12.5. The molecular weight excluding hydrogens is 356 g/mol. The summed E-state index contributed by atoms with van der Waals surface area (Å²) >= 11 is 0. The van der Waals surface area contributed by atoms with Crippen molar-refractivity contribution in [3.05, 3.63) is 36.4 Å². The number of aryl methyl sites for hydroxylation is 1. The van der Waals surface area contributed by atoms with E-state index in [2.05, 4.69) is 17.2 Å². The summed E-state index contributed by atoms with van der Waals surface area (Å²) in [7, 11) is 0. The molecule has 3 amide bonds. The maximum atomic E-state index is 12.5. The Hall–Kier alpha value is -2.96. The molecule has 7 heteroatoms.